The third kappa shape index (κ3) is 4.54. The summed E-state index contributed by atoms with van der Waals surface area (Å²) in [6.07, 6.45) is 0.0931. The minimum absolute atomic E-state index is 0.134. The number of amides is 2. The van der Waals surface area contributed by atoms with Gasteiger partial charge in [0.2, 0.25) is 5.91 Å². The number of halogens is 2. The molecule has 0 spiro atoms. The monoisotopic (exact) mass is 406 g/mol. The van der Waals surface area contributed by atoms with Crippen LogP contribution in [0.3, 0.4) is 0 Å². The first-order valence-corrected chi connectivity index (χ1v) is 9.36. The van der Waals surface area contributed by atoms with Gasteiger partial charge in [0.05, 0.1) is 0 Å². The van der Waals surface area contributed by atoms with E-state index in [4.69, 9.17) is 27.9 Å². The molecule has 0 aromatic heterocycles. The standard InChI is InChI=1S/C20H20Cl2N2O3/c1-20(18(25)23-12-14-2-6-16(21)7-3-14)10-11-24(20)19(26)27-13-15-4-8-17(22)9-5-15/h2-9H,10-13H2,1H3,(H,23,25). The summed E-state index contributed by atoms with van der Waals surface area (Å²) in [7, 11) is 0. The smallest absolute Gasteiger partial charge is 0.410 e. The molecule has 2 amide bonds. The second kappa shape index (κ2) is 8.19. The van der Waals surface area contributed by atoms with Crippen LogP contribution in [-0.2, 0) is 22.7 Å². The Labute approximate surface area is 168 Å². The summed E-state index contributed by atoms with van der Waals surface area (Å²) in [5.41, 5.74) is 0.874. The van der Waals surface area contributed by atoms with Crippen LogP contribution < -0.4 is 5.32 Å². The highest BCUT2D eigenvalue weighted by molar-refractivity contribution is 6.30. The van der Waals surface area contributed by atoms with Crippen LogP contribution in [0.15, 0.2) is 48.5 Å². The van der Waals surface area contributed by atoms with Crippen molar-refractivity contribution in [3.05, 3.63) is 69.7 Å². The minimum Gasteiger partial charge on any atom is -0.445 e. The molecular formula is C20H20Cl2N2O3. The van der Waals surface area contributed by atoms with Crippen LogP contribution in [0.25, 0.3) is 0 Å². The van der Waals surface area contributed by atoms with Gasteiger partial charge in [-0.2, -0.15) is 0 Å². The van der Waals surface area contributed by atoms with Crippen molar-refractivity contribution in [1.29, 1.82) is 0 Å². The molecule has 1 saturated heterocycles. The van der Waals surface area contributed by atoms with Gasteiger partial charge in [0.15, 0.2) is 0 Å². The Hall–Kier alpha value is -2.24. The van der Waals surface area contributed by atoms with Crippen molar-refractivity contribution in [2.75, 3.05) is 6.54 Å². The van der Waals surface area contributed by atoms with Gasteiger partial charge in [0.25, 0.3) is 0 Å². The average Bonchev–Trinajstić information content (AvgIpc) is 2.65. The van der Waals surface area contributed by atoms with Gasteiger partial charge in [-0.25, -0.2) is 4.79 Å². The molecule has 1 fully saturated rings. The van der Waals surface area contributed by atoms with Crippen molar-refractivity contribution in [2.24, 2.45) is 0 Å². The summed E-state index contributed by atoms with van der Waals surface area (Å²) >= 11 is 11.7. The summed E-state index contributed by atoms with van der Waals surface area (Å²) in [5, 5.41) is 4.15. The van der Waals surface area contributed by atoms with Gasteiger partial charge in [-0.15, -0.1) is 0 Å². The average molecular weight is 407 g/mol. The van der Waals surface area contributed by atoms with Crippen LogP contribution in [0.4, 0.5) is 4.79 Å². The first-order chi connectivity index (χ1) is 12.9. The molecule has 1 atom stereocenters. The highest BCUT2D eigenvalue weighted by atomic mass is 35.5. The summed E-state index contributed by atoms with van der Waals surface area (Å²) < 4.78 is 5.34. The van der Waals surface area contributed by atoms with Crippen LogP contribution in [0.5, 0.6) is 0 Å². The summed E-state index contributed by atoms with van der Waals surface area (Å²) in [5.74, 6) is -0.202. The van der Waals surface area contributed by atoms with E-state index in [-0.39, 0.29) is 12.5 Å². The SMILES string of the molecule is CC1(C(=O)NCc2ccc(Cl)cc2)CCN1C(=O)OCc1ccc(Cl)cc1. The van der Waals surface area contributed by atoms with Crippen molar-refractivity contribution < 1.29 is 14.3 Å². The molecule has 5 nitrogen and oxygen atoms in total. The summed E-state index contributed by atoms with van der Waals surface area (Å²) in [6.45, 7) is 2.75. The van der Waals surface area contributed by atoms with E-state index in [2.05, 4.69) is 5.32 Å². The molecule has 1 aliphatic heterocycles. The van der Waals surface area contributed by atoms with E-state index >= 15 is 0 Å². The van der Waals surface area contributed by atoms with E-state index in [1.807, 2.05) is 12.1 Å². The topological polar surface area (TPSA) is 58.6 Å². The zero-order valence-corrected chi connectivity index (χ0v) is 16.4. The van der Waals surface area contributed by atoms with Gasteiger partial charge in [0.1, 0.15) is 12.1 Å². The van der Waals surface area contributed by atoms with Crippen LogP contribution >= 0.6 is 23.2 Å². The van der Waals surface area contributed by atoms with E-state index in [9.17, 15) is 9.59 Å². The summed E-state index contributed by atoms with van der Waals surface area (Å²) in [6, 6.07) is 14.3. The largest absolute Gasteiger partial charge is 0.445 e. The third-order valence-electron chi connectivity index (χ3n) is 4.77. The molecule has 0 aliphatic carbocycles. The first-order valence-electron chi connectivity index (χ1n) is 8.60. The molecule has 2 aromatic carbocycles. The number of nitrogens with one attached hydrogen (secondary N) is 1. The Balaban J connectivity index is 1.53. The number of ether oxygens (including phenoxy) is 1. The fourth-order valence-electron chi connectivity index (χ4n) is 2.87. The lowest BCUT2D eigenvalue weighted by Gasteiger charge is -2.47. The Morgan fingerprint density at radius 2 is 1.59 bits per heavy atom. The molecule has 3 rings (SSSR count). The molecular weight excluding hydrogens is 387 g/mol. The lowest BCUT2D eigenvalue weighted by atomic mass is 9.86. The number of carbonyl (C=O) groups excluding carboxylic acids is 2. The predicted molar refractivity (Wildman–Crippen MR) is 105 cm³/mol. The zero-order chi connectivity index (χ0) is 19.4. The van der Waals surface area contributed by atoms with Crippen molar-refractivity contribution in [1.82, 2.24) is 10.2 Å². The van der Waals surface area contributed by atoms with E-state index in [1.54, 1.807) is 43.3 Å². The predicted octanol–water partition coefficient (Wildman–Crippen LogP) is 4.41. The number of nitrogens with zero attached hydrogens (tertiary/aromatic N) is 1. The Morgan fingerprint density at radius 3 is 2.11 bits per heavy atom. The maximum absolute atomic E-state index is 12.6. The van der Waals surface area contributed by atoms with Gasteiger partial charge in [-0.1, -0.05) is 47.5 Å². The fourth-order valence-corrected chi connectivity index (χ4v) is 3.12. The van der Waals surface area contributed by atoms with Crippen LogP contribution in [0.1, 0.15) is 24.5 Å². The van der Waals surface area contributed by atoms with Gasteiger partial charge < -0.3 is 10.1 Å². The molecule has 7 heteroatoms. The maximum Gasteiger partial charge on any atom is 0.410 e. The van der Waals surface area contributed by atoms with Gasteiger partial charge in [0, 0.05) is 23.1 Å². The first kappa shape index (κ1) is 19.5. The quantitative estimate of drug-likeness (QED) is 0.799. The van der Waals surface area contributed by atoms with Gasteiger partial charge >= 0.3 is 6.09 Å². The number of hydrogen-bond donors (Lipinski definition) is 1. The van der Waals surface area contributed by atoms with E-state index in [0.29, 0.717) is 29.6 Å². The molecule has 1 N–H and O–H groups in total. The second-order valence-electron chi connectivity index (χ2n) is 6.67. The number of carbonyl (C=O) groups is 2. The third-order valence-corrected chi connectivity index (χ3v) is 5.27. The molecule has 0 saturated carbocycles. The number of hydrogen-bond acceptors (Lipinski definition) is 3. The molecule has 0 bridgehead atoms. The lowest BCUT2D eigenvalue weighted by Crippen LogP contribution is -2.67. The number of rotatable bonds is 5. The minimum atomic E-state index is -0.899. The molecule has 0 radical (unpaired) electrons. The second-order valence-corrected chi connectivity index (χ2v) is 7.54. The zero-order valence-electron chi connectivity index (χ0n) is 14.9. The summed E-state index contributed by atoms with van der Waals surface area (Å²) in [4.78, 5) is 26.5. The van der Waals surface area contributed by atoms with Crippen LogP contribution in [0, 0.1) is 0 Å². The Kier molecular flexibility index (Phi) is 5.92. The molecule has 27 heavy (non-hydrogen) atoms. The maximum atomic E-state index is 12.6. The molecule has 1 unspecified atom stereocenters. The van der Waals surface area contributed by atoms with E-state index in [1.165, 1.54) is 4.90 Å². The van der Waals surface area contributed by atoms with Crippen molar-refractivity contribution in [3.63, 3.8) is 0 Å². The van der Waals surface area contributed by atoms with E-state index in [0.717, 1.165) is 11.1 Å². The lowest BCUT2D eigenvalue weighted by molar-refractivity contribution is -0.139. The molecule has 142 valence electrons. The van der Waals surface area contributed by atoms with Crippen molar-refractivity contribution in [2.45, 2.75) is 32.0 Å². The Morgan fingerprint density at radius 1 is 1.04 bits per heavy atom. The highest BCUT2D eigenvalue weighted by Gasteiger charge is 2.50. The van der Waals surface area contributed by atoms with Gasteiger partial charge in [-0.05, 0) is 48.7 Å². The number of likely N-dealkylation sites (tertiary alicyclic amines) is 1. The van der Waals surface area contributed by atoms with E-state index < -0.39 is 11.6 Å². The molecule has 1 heterocycles. The highest BCUT2D eigenvalue weighted by Crippen LogP contribution is 2.31. The number of benzene rings is 2. The van der Waals surface area contributed by atoms with Crippen molar-refractivity contribution >= 4 is 35.2 Å². The van der Waals surface area contributed by atoms with Crippen LogP contribution in [-0.4, -0.2) is 29.0 Å². The van der Waals surface area contributed by atoms with Gasteiger partial charge in [-0.3, -0.25) is 9.69 Å². The van der Waals surface area contributed by atoms with Crippen molar-refractivity contribution in [3.8, 4) is 0 Å². The molecule has 2 aromatic rings. The normalized spacial score (nSPS) is 18.6. The fraction of sp³-hybridized carbons (Fsp3) is 0.300. The Bertz CT molecular complexity index is 824. The van der Waals surface area contributed by atoms with Crippen LogP contribution in [0.2, 0.25) is 10.0 Å². The molecule has 1 aliphatic rings.